The first-order chi connectivity index (χ1) is 13.9. The highest BCUT2D eigenvalue weighted by Gasteiger charge is 2.20. The molecule has 1 heterocycles. The Morgan fingerprint density at radius 3 is 2.79 bits per heavy atom. The summed E-state index contributed by atoms with van der Waals surface area (Å²) in [6.45, 7) is 0. The molecule has 0 bridgehead atoms. The molecule has 0 radical (unpaired) electrons. The van der Waals surface area contributed by atoms with Gasteiger partial charge in [0.15, 0.2) is 0 Å². The van der Waals surface area contributed by atoms with Gasteiger partial charge in [-0.25, -0.2) is 4.98 Å². The lowest BCUT2D eigenvalue weighted by Crippen LogP contribution is -2.03. The second-order valence-corrected chi connectivity index (χ2v) is 7.57. The minimum atomic E-state index is 0.990. The van der Waals surface area contributed by atoms with E-state index in [9.17, 15) is 0 Å². The highest BCUT2D eigenvalue weighted by Crippen LogP contribution is 2.41. The first-order valence-electron chi connectivity index (χ1n) is 9.85. The molecule has 0 saturated carbocycles. The summed E-state index contributed by atoms with van der Waals surface area (Å²) in [5.74, 6) is 0. The van der Waals surface area contributed by atoms with E-state index in [0.29, 0.717) is 0 Å². The first kappa shape index (κ1) is 15.6. The third kappa shape index (κ3) is 2.36. The maximum atomic E-state index is 4.78. The molecule has 0 atom stereocenters. The molecule has 0 amide bonds. The van der Waals surface area contributed by atoms with Crippen LogP contribution in [0.3, 0.4) is 0 Å². The molecule has 6 rings (SSSR count). The molecular formula is C27H19N. The number of hydrogen-bond acceptors (Lipinski definition) is 1. The maximum Gasteiger partial charge on any atom is 0.0709 e. The molecule has 3 aromatic carbocycles. The molecule has 2 aliphatic carbocycles. The van der Waals surface area contributed by atoms with Crippen LogP contribution in [0.2, 0.25) is 0 Å². The zero-order valence-corrected chi connectivity index (χ0v) is 15.5. The van der Waals surface area contributed by atoms with E-state index in [2.05, 4.69) is 85.0 Å². The van der Waals surface area contributed by atoms with Gasteiger partial charge in [0.25, 0.3) is 0 Å². The number of nitrogens with zero attached hydrogens (tertiary/aromatic N) is 1. The highest BCUT2D eigenvalue weighted by molar-refractivity contribution is 6.06. The number of aromatic nitrogens is 1. The molecule has 132 valence electrons. The van der Waals surface area contributed by atoms with Gasteiger partial charge in [-0.1, -0.05) is 72.8 Å². The van der Waals surface area contributed by atoms with Crippen molar-refractivity contribution in [2.45, 2.75) is 12.8 Å². The summed E-state index contributed by atoms with van der Waals surface area (Å²) in [6, 6.07) is 21.6. The number of benzene rings is 3. The van der Waals surface area contributed by atoms with E-state index in [1.165, 1.54) is 44.0 Å². The average Bonchev–Trinajstić information content (AvgIpc) is 2.76. The Hall–Kier alpha value is -3.45. The van der Waals surface area contributed by atoms with Crippen LogP contribution in [-0.4, -0.2) is 4.98 Å². The molecule has 1 heteroatoms. The summed E-state index contributed by atoms with van der Waals surface area (Å²) in [7, 11) is 0. The van der Waals surface area contributed by atoms with Gasteiger partial charge in [-0.2, -0.15) is 0 Å². The van der Waals surface area contributed by atoms with Gasteiger partial charge in [0.2, 0.25) is 0 Å². The van der Waals surface area contributed by atoms with Crippen LogP contribution in [0.25, 0.3) is 45.5 Å². The number of rotatable bonds is 2. The average molecular weight is 357 g/mol. The second kappa shape index (κ2) is 6.03. The van der Waals surface area contributed by atoms with Crippen molar-refractivity contribution in [3.63, 3.8) is 0 Å². The molecule has 4 aromatic rings. The van der Waals surface area contributed by atoms with Crippen molar-refractivity contribution >= 4 is 45.5 Å². The van der Waals surface area contributed by atoms with E-state index in [0.717, 1.165) is 24.1 Å². The summed E-state index contributed by atoms with van der Waals surface area (Å²) in [6.07, 6.45) is 13.4. The Kier molecular flexibility index (Phi) is 3.36. The van der Waals surface area contributed by atoms with Crippen LogP contribution in [0.15, 0.2) is 72.8 Å². The van der Waals surface area contributed by atoms with Crippen LogP contribution >= 0.6 is 0 Å². The fourth-order valence-electron chi connectivity index (χ4n) is 4.54. The number of para-hydroxylation sites is 1. The van der Waals surface area contributed by atoms with Crippen LogP contribution in [0.4, 0.5) is 0 Å². The Bertz CT molecular complexity index is 1350. The van der Waals surface area contributed by atoms with Gasteiger partial charge in [0, 0.05) is 5.39 Å². The minimum absolute atomic E-state index is 0.990. The SMILES string of the molecule is C1=Cc2ccc3c(/C=C/c4ccc5ccccc5n4)ccc4c3c2C(=CC4)C1. The fourth-order valence-corrected chi connectivity index (χ4v) is 4.54. The van der Waals surface area contributed by atoms with Gasteiger partial charge in [0.05, 0.1) is 11.2 Å². The lowest BCUT2D eigenvalue weighted by atomic mass is 9.80. The van der Waals surface area contributed by atoms with E-state index >= 15 is 0 Å². The van der Waals surface area contributed by atoms with Crippen LogP contribution in [0.5, 0.6) is 0 Å². The van der Waals surface area contributed by atoms with Crippen molar-refractivity contribution in [2.24, 2.45) is 0 Å². The second-order valence-electron chi connectivity index (χ2n) is 7.57. The first-order valence-corrected chi connectivity index (χ1v) is 9.85. The molecule has 0 unspecified atom stereocenters. The van der Waals surface area contributed by atoms with E-state index < -0.39 is 0 Å². The smallest absolute Gasteiger partial charge is 0.0709 e. The van der Waals surface area contributed by atoms with Gasteiger partial charge in [0.1, 0.15) is 0 Å². The predicted octanol–water partition coefficient (Wildman–Crippen LogP) is 6.91. The Morgan fingerprint density at radius 1 is 0.821 bits per heavy atom. The molecule has 1 aromatic heterocycles. The lowest BCUT2D eigenvalue weighted by molar-refractivity contribution is 1.23. The topological polar surface area (TPSA) is 12.9 Å². The standard InChI is InChI=1S/C27H19N/c1-2-7-25-19(4-1)13-16-23(28-25)15-12-18-8-9-22-11-10-20-5-3-6-21-14-17-24(18)27(22)26(20)21/h1-4,6-10,12-17H,5,11H2/b15-12+. The van der Waals surface area contributed by atoms with Crippen molar-refractivity contribution in [3.05, 3.63) is 101 Å². The Morgan fingerprint density at radius 2 is 1.79 bits per heavy atom. The van der Waals surface area contributed by atoms with E-state index in [1.807, 2.05) is 6.07 Å². The van der Waals surface area contributed by atoms with Gasteiger partial charge < -0.3 is 0 Å². The normalized spacial score (nSPS) is 14.8. The van der Waals surface area contributed by atoms with Crippen molar-refractivity contribution in [1.29, 1.82) is 0 Å². The zero-order chi connectivity index (χ0) is 18.5. The summed E-state index contributed by atoms with van der Waals surface area (Å²) in [4.78, 5) is 4.78. The molecule has 0 saturated heterocycles. The van der Waals surface area contributed by atoms with Gasteiger partial charge >= 0.3 is 0 Å². The fraction of sp³-hybridized carbons (Fsp3) is 0.0741. The third-order valence-corrected chi connectivity index (χ3v) is 5.91. The van der Waals surface area contributed by atoms with E-state index in [-0.39, 0.29) is 0 Å². The summed E-state index contributed by atoms with van der Waals surface area (Å²) < 4.78 is 0. The molecule has 2 aliphatic rings. The van der Waals surface area contributed by atoms with Crippen LogP contribution < -0.4 is 0 Å². The van der Waals surface area contributed by atoms with Crippen molar-refractivity contribution in [1.82, 2.24) is 4.98 Å². The quantitative estimate of drug-likeness (QED) is 0.379. The minimum Gasteiger partial charge on any atom is -0.248 e. The lowest BCUT2D eigenvalue weighted by Gasteiger charge is -2.24. The number of pyridine rings is 1. The summed E-state index contributed by atoms with van der Waals surface area (Å²) in [5, 5.41) is 3.96. The van der Waals surface area contributed by atoms with Crippen LogP contribution in [0, 0.1) is 0 Å². The zero-order valence-electron chi connectivity index (χ0n) is 15.5. The molecule has 0 spiro atoms. The number of fused-ring (bicyclic) bond motifs is 1. The highest BCUT2D eigenvalue weighted by atomic mass is 14.7. The Labute approximate surface area is 164 Å². The molecule has 1 nitrogen and oxygen atoms in total. The number of hydrogen-bond donors (Lipinski definition) is 0. The van der Waals surface area contributed by atoms with Crippen molar-refractivity contribution in [3.8, 4) is 0 Å². The monoisotopic (exact) mass is 357 g/mol. The molecule has 0 fully saturated rings. The molecular weight excluding hydrogens is 338 g/mol. The van der Waals surface area contributed by atoms with E-state index in [1.54, 1.807) is 0 Å². The van der Waals surface area contributed by atoms with Crippen LogP contribution in [0.1, 0.15) is 34.4 Å². The van der Waals surface area contributed by atoms with Gasteiger partial charge in [-0.05, 0) is 69.6 Å². The van der Waals surface area contributed by atoms with Gasteiger partial charge in [-0.3, -0.25) is 0 Å². The molecule has 28 heavy (non-hydrogen) atoms. The molecule has 0 aliphatic heterocycles. The number of allylic oxidation sites excluding steroid dienone is 3. The Balaban J connectivity index is 1.49. The summed E-state index contributed by atoms with van der Waals surface area (Å²) >= 11 is 0. The largest absolute Gasteiger partial charge is 0.248 e. The van der Waals surface area contributed by atoms with Crippen molar-refractivity contribution in [2.75, 3.05) is 0 Å². The van der Waals surface area contributed by atoms with Gasteiger partial charge in [-0.15, -0.1) is 0 Å². The molecule has 0 N–H and O–H groups in total. The van der Waals surface area contributed by atoms with Crippen LogP contribution in [-0.2, 0) is 6.42 Å². The van der Waals surface area contributed by atoms with Crippen molar-refractivity contribution < 1.29 is 0 Å². The maximum absolute atomic E-state index is 4.78. The summed E-state index contributed by atoms with van der Waals surface area (Å²) in [5.41, 5.74) is 9.00. The third-order valence-electron chi connectivity index (χ3n) is 5.91. The van der Waals surface area contributed by atoms with E-state index in [4.69, 9.17) is 4.98 Å². The predicted molar refractivity (Wildman–Crippen MR) is 120 cm³/mol.